The van der Waals surface area contributed by atoms with E-state index in [9.17, 15) is 9.90 Å². The maximum Gasteiger partial charge on any atom is 0.223 e. The van der Waals surface area contributed by atoms with Crippen molar-refractivity contribution >= 4 is 5.91 Å². The van der Waals surface area contributed by atoms with Gasteiger partial charge >= 0.3 is 0 Å². The number of hydrogen-bond acceptors (Lipinski definition) is 2. The molecular formula is C18H27NO2. The second-order valence-electron chi connectivity index (χ2n) is 6.10. The Balaban J connectivity index is 1.85. The fourth-order valence-electron chi connectivity index (χ4n) is 3.27. The van der Waals surface area contributed by atoms with Gasteiger partial charge in [0, 0.05) is 12.5 Å². The van der Waals surface area contributed by atoms with Crippen molar-refractivity contribution in [2.45, 2.75) is 52.1 Å². The number of carbonyl (C=O) groups is 1. The van der Waals surface area contributed by atoms with Gasteiger partial charge in [-0.25, -0.2) is 0 Å². The molecule has 1 aromatic carbocycles. The van der Waals surface area contributed by atoms with Crippen molar-refractivity contribution in [3.63, 3.8) is 0 Å². The SMILES string of the molecule is CCC(CC)C(O)CNC(=O)C1CCc2ccccc2C1. The molecule has 1 aromatic rings. The van der Waals surface area contributed by atoms with Crippen molar-refractivity contribution in [3.05, 3.63) is 35.4 Å². The van der Waals surface area contributed by atoms with Crippen molar-refractivity contribution in [2.24, 2.45) is 11.8 Å². The Labute approximate surface area is 127 Å². The number of fused-ring (bicyclic) bond motifs is 1. The van der Waals surface area contributed by atoms with Crippen LogP contribution in [0.4, 0.5) is 0 Å². The highest BCUT2D eigenvalue weighted by Crippen LogP contribution is 2.25. The molecule has 0 saturated heterocycles. The highest BCUT2D eigenvalue weighted by atomic mass is 16.3. The summed E-state index contributed by atoms with van der Waals surface area (Å²) in [4.78, 5) is 12.3. The summed E-state index contributed by atoms with van der Waals surface area (Å²) in [7, 11) is 0. The lowest BCUT2D eigenvalue weighted by Crippen LogP contribution is -2.40. The third kappa shape index (κ3) is 4.07. The lowest BCUT2D eigenvalue weighted by molar-refractivity contribution is -0.126. The number of amides is 1. The molecule has 2 rings (SSSR count). The van der Waals surface area contributed by atoms with Crippen LogP contribution in [0.3, 0.4) is 0 Å². The molecule has 1 aliphatic carbocycles. The van der Waals surface area contributed by atoms with Crippen molar-refractivity contribution in [1.82, 2.24) is 5.32 Å². The number of benzene rings is 1. The number of aliphatic hydroxyl groups is 1. The minimum atomic E-state index is -0.431. The number of nitrogens with one attached hydrogen (secondary N) is 1. The summed E-state index contributed by atoms with van der Waals surface area (Å²) in [6.45, 7) is 4.54. The third-order valence-electron chi connectivity index (χ3n) is 4.80. The number of carbonyl (C=O) groups excluding carboxylic acids is 1. The van der Waals surface area contributed by atoms with Gasteiger partial charge in [0.1, 0.15) is 0 Å². The van der Waals surface area contributed by atoms with Gasteiger partial charge in [0.15, 0.2) is 0 Å². The van der Waals surface area contributed by atoms with Crippen LogP contribution in [0.1, 0.15) is 44.2 Å². The number of aryl methyl sites for hydroxylation is 1. The summed E-state index contributed by atoms with van der Waals surface area (Å²) in [6, 6.07) is 8.37. The van der Waals surface area contributed by atoms with Gasteiger partial charge in [-0.3, -0.25) is 4.79 Å². The van der Waals surface area contributed by atoms with Crippen LogP contribution in [-0.4, -0.2) is 23.7 Å². The van der Waals surface area contributed by atoms with Gasteiger partial charge in [0.25, 0.3) is 0 Å². The van der Waals surface area contributed by atoms with Crippen LogP contribution < -0.4 is 5.32 Å². The van der Waals surface area contributed by atoms with Gasteiger partial charge < -0.3 is 10.4 Å². The molecule has 2 unspecified atom stereocenters. The molecular weight excluding hydrogens is 262 g/mol. The largest absolute Gasteiger partial charge is 0.391 e. The fraction of sp³-hybridized carbons (Fsp3) is 0.611. The van der Waals surface area contributed by atoms with E-state index < -0.39 is 6.10 Å². The van der Waals surface area contributed by atoms with Crippen LogP contribution in [0.5, 0.6) is 0 Å². The molecule has 1 amide bonds. The molecule has 0 saturated carbocycles. The van der Waals surface area contributed by atoms with Gasteiger partial charge in [-0.2, -0.15) is 0 Å². The molecule has 0 radical (unpaired) electrons. The van der Waals surface area contributed by atoms with Crippen LogP contribution in [0.2, 0.25) is 0 Å². The Kier molecular flexibility index (Phi) is 5.80. The molecule has 2 atom stereocenters. The van der Waals surface area contributed by atoms with Crippen LogP contribution >= 0.6 is 0 Å². The topological polar surface area (TPSA) is 49.3 Å². The lowest BCUT2D eigenvalue weighted by Gasteiger charge is -2.25. The number of rotatable bonds is 6. The average molecular weight is 289 g/mol. The Bertz CT molecular complexity index is 468. The van der Waals surface area contributed by atoms with Crippen LogP contribution in [0.15, 0.2) is 24.3 Å². The zero-order valence-corrected chi connectivity index (χ0v) is 13.1. The Morgan fingerprint density at radius 1 is 1.29 bits per heavy atom. The van der Waals surface area contributed by atoms with Crippen LogP contribution in [0, 0.1) is 11.8 Å². The summed E-state index contributed by atoms with van der Waals surface area (Å²) in [6.07, 6.45) is 4.17. The molecule has 0 aliphatic heterocycles. The van der Waals surface area contributed by atoms with Crippen molar-refractivity contribution in [2.75, 3.05) is 6.54 Å². The summed E-state index contributed by atoms with van der Waals surface area (Å²) in [5.74, 6) is 0.417. The summed E-state index contributed by atoms with van der Waals surface area (Å²) in [5.41, 5.74) is 2.67. The maximum absolute atomic E-state index is 12.3. The Hall–Kier alpha value is -1.35. The smallest absolute Gasteiger partial charge is 0.223 e. The fourth-order valence-corrected chi connectivity index (χ4v) is 3.27. The summed E-state index contributed by atoms with van der Waals surface area (Å²) >= 11 is 0. The first-order valence-corrected chi connectivity index (χ1v) is 8.18. The van der Waals surface area contributed by atoms with Crippen molar-refractivity contribution in [3.8, 4) is 0 Å². The van der Waals surface area contributed by atoms with E-state index in [-0.39, 0.29) is 17.7 Å². The highest BCUT2D eigenvalue weighted by molar-refractivity contribution is 5.79. The van der Waals surface area contributed by atoms with Gasteiger partial charge in [-0.15, -0.1) is 0 Å². The second-order valence-corrected chi connectivity index (χ2v) is 6.10. The second kappa shape index (κ2) is 7.60. The van der Waals surface area contributed by atoms with Crippen molar-refractivity contribution < 1.29 is 9.90 Å². The molecule has 0 fully saturated rings. The molecule has 0 spiro atoms. The minimum absolute atomic E-state index is 0.0498. The first kappa shape index (κ1) is 16.0. The molecule has 3 heteroatoms. The Morgan fingerprint density at radius 3 is 2.62 bits per heavy atom. The quantitative estimate of drug-likeness (QED) is 0.846. The first-order chi connectivity index (χ1) is 10.2. The molecule has 0 aromatic heterocycles. The minimum Gasteiger partial charge on any atom is -0.391 e. The number of aliphatic hydroxyl groups excluding tert-OH is 1. The van der Waals surface area contributed by atoms with E-state index in [2.05, 4.69) is 37.4 Å². The van der Waals surface area contributed by atoms with E-state index in [0.717, 1.165) is 32.1 Å². The molecule has 21 heavy (non-hydrogen) atoms. The van der Waals surface area contributed by atoms with E-state index in [0.29, 0.717) is 6.54 Å². The van der Waals surface area contributed by atoms with E-state index in [1.807, 2.05) is 6.07 Å². The predicted octanol–water partition coefficient (Wildman–Crippen LogP) is 2.70. The van der Waals surface area contributed by atoms with Crippen molar-refractivity contribution in [1.29, 1.82) is 0 Å². The van der Waals surface area contributed by atoms with E-state index in [1.54, 1.807) is 0 Å². The molecule has 1 aliphatic rings. The van der Waals surface area contributed by atoms with Gasteiger partial charge in [0.05, 0.1) is 6.10 Å². The lowest BCUT2D eigenvalue weighted by atomic mass is 9.83. The predicted molar refractivity (Wildman–Crippen MR) is 85.0 cm³/mol. The first-order valence-electron chi connectivity index (χ1n) is 8.18. The molecule has 2 N–H and O–H groups in total. The van der Waals surface area contributed by atoms with E-state index >= 15 is 0 Å². The zero-order chi connectivity index (χ0) is 15.2. The summed E-state index contributed by atoms with van der Waals surface area (Å²) in [5, 5.41) is 13.0. The number of hydrogen-bond donors (Lipinski definition) is 2. The molecule has 3 nitrogen and oxygen atoms in total. The average Bonchev–Trinajstić information content (AvgIpc) is 2.53. The Morgan fingerprint density at radius 2 is 1.95 bits per heavy atom. The summed E-state index contributed by atoms with van der Waals surface area (Å²) < 4.78 is 0. The van der Waals surface area contributed by atoms with Crippen LogP contribution in [0.25, 0.3) is 0 Å². The monoisotopic (exact) mass is 289 g/mol. The van der Waals surface area contributed by atoms with E-state index in [4.69, 9.17) is 0 Å². The van der Waals surface area contributed by atoms with Gasteiger partial charge in [-0.05, 0) is 36.3 Å². The standard InChI is InChI=1S/C18H27NO2/c1-3-13(4-2)17(20)12-19-18(21)16-10-9-14-7-5-6-8-15(14)11-16/h5-8,13,16-17,20H,3-4,9-12H2,1-2H3,(H,19,21). The van der Waals surface area contributed by atoms with Crippen LogP contribution in [-0.2, 0) is 17.6 Å². The van der Waals surface area contributed by atoms with Gasteiger partial charge in [-0.1, -0.05) is 51.0 Å². The molecule has 0 bridgehead atoms. The normalized spacial score (nSPS) is 19.1. The van der Waals surface area contributed by atoms with E-state index in [1.165, 1.54) is 11.1 Å². The molecule has 116 valence electrons. The zero-order valence-electron chi connectivity index (χ0n) is 13.1. The van der Waals surface area contributed by atoms with Gasteiger partial charge in [0.2, 0.25) is 5.91 Å². The maximum atomic E-state index is 12.3. The molecule has 0 heterocycles. The highest BCUT2D eigenvalue weighted by Gasteiger charge is 2.25. The third-order valence-corrected chi connectivity index (χ3v) is 4.80.